The predicted octanol–water partition coefficient (Wildman–Crippen LogP) is 5.48. The summed E-state index contributed by atoms with van der Waals surface area (Å²) in [5, 5.41) is 15.1. The molecular weight excluding hydrogens is 487 g/mol. The smallest absolute Gasteiger partial charge is 0.433 e. The zero-order valence-electron chi connectivity index (χ0n) is 19.1. The van der Waals surface area contributed by atoms with Crippen LogP contribution in [0.15, 0.2) is 42.1 Å². The Morgan fingerprint density at radius 2 is 2.06 bits per heavy atom. The summed E-state index contributed by atoms with van der Waals surface area (Å²) in [6.45, 7) is 1.96. The molecule has 0 aliphatic heterocycles. The summed E-state index contributed by atoms with van der Waals surface area (Å²) in [6.07, 6.45) is -0.144. The minimum absolute atomic E-state index is 0.191. The van der Waals surface area contributed by atoms with Crippen molar-refractivity contribution in [2.75, 3.05) is 19.0 Å². The summed E-state index contributed by atoms with van der Waals surface area (Å²) in [6, 6.07) is 4.90. The Hall–Kier alpha value is -3.27. The van der Waals surface area contributed by atoms with Crippen molar-refractivity contribution < 1.29 is 32.6 Å². The molecule has 0 saturated heterocycles. The number of halogens is 4. The molecule has 7 nitrogen and oxygen atoms in total. The molecule has 1 heterocycles. The number of benzene rings is 1. The Bertz CT molecular complexity index is 1140. The number of aromatic nitrogens is 1. The van der Waals surface area contributed by atoms with E-state index >= 15 is 0 Å². The summed E-state index contributed by atoms with van der Waals surface area (Å²) in [4.78, 5) is 27.0. The van der Waals surface area contributed by atoms with Crippen molar-refractivity contribution in [3.05, 3.63) is 64.0 Å². The van der Waals surface area contributed by atoms with E-state index in [1.54, 1.807) is 19.1 Å². The van der Waals surface area contributed by atoms with Gasteiger partial charge in [-0.25, -0.2) is 4.98 Å². The normalized spacial score (nSPS) is 16.7. The summed E-state index contributed by atoms with van der Waals surface area (Å²) >= 11 is 6.34. The number of amides is 1. The van der Waals surface area contributed by atoms with Crippen LogP contribution in [0.5, 0.6) is 5.75 Å². The quantitative estimate of drug-likeness (QED) is 0.406. The van der Waals surface area contributed by atoms with E-state index in [1.807, 2.05) is 6.08 Å². The van der Waals surface area contributed by atoms with E-state index in [9.17, 15) is 22.8 Å². The first kappa shape index (κ1) is 26.3. The monoisotopic (exact) mass is 511 g/mol. The van der Waals surface area contributed by atoms with Crippen LogP contribution in [-0.4, -0.2) is 35.6 Å². The van der Waals surface area contributed by atoms with E-state index in [4.69, 9.17) is 21.4 Å². The fraction of sp³-hybridized carbons (Fsp3) is 0.375. The highest BCUT2D eigenvalue weighted by molar-refractivity contribution is 6.33. The fourth-order valence-corrected chi connectivity index (χ4v) is 4.01. The number of carboxylic acid groups (broad SMARTS) is 1. The lowest BCUT2D eigenvalue weighted by atomic mass is 9.89. The first-order chi connectivity index (χ1) is 16.5. The lowest BCUT2D eigenvalue weighted by Crippen LogP contribution is -2.27. The number of anilines is 1. The van der Waals surface area contributed by atoms with Crippen LogP contribution in [0.2, 0.25) is 5.02 Å². The number of hydrogen-bond donors (Lipinski definition) is 3. The van der Waals surface area contributed by atoms with Crippen molar-refractivity contribution in [2.45, 2.75) is 38.4 Å². The van der Waals surface area contributed by atoms with Gasteiger partial charge in [-0.05, 0) is 50.5 Å². The van der Waals surface area contributed by atoms with Crippen molar-refractivity contribution >= 4 is 29.2 Å². The number of carbonyl (C=O) groups is 2. The fourth-order valence-electron chi connectivity index (χ4n) is 3.78. The maximum Gasteiger partial charge on any atom is 0.433 e. The highest BCUT2D eigenvalue weighted by atomic mass is 35.5. The Morgan fingerprint density at radius 1 is 1.31 bits per heavy atom. The van der Waals surface area contributed by atoms with Gasteiger partial charge in [0.05, 0.1) is 36.0 Å². The molecule has 0 spiro atoms. The molecule has 3 rings (SSSR count). The number of carbonyl (C=O) groups excluding carboxylic acids is 1. The topological polar surface area (TPSA) is 101 Å². The second-order valence-corrected chi connectivity index (χ2v) is 8.63. The number of nitrogens with one attached hydrogen (secondary N) is 2. The van der Waals surface area contributed by atoms with Gasteiger partial charge in [-0.1, -0.05) is 23.3 Å². The zero-order valence-corrected chi connectivity index (χ0v) is 19.8. The Balaban J connectivity index is 1.66. The number of hydrogen-bond acceptors (Lipinski definition) is 5. The molecule has 3 N–H and O–H groups in total. The van der Waals surface area contributed by atoms with Crippen molar-refractivity contribution in [1.29, 1.82) is 0 Å². The molecule has 1 aromatic carbocycles. The lowest BCUT2D eigenvalue weighted by Gasteiger charge is -2.21. The van der Waals surface area contributed by atoms with E-state index < -0.39 is 23.9 Å². The molecule has 0 saturated carbocycles. The molecule has 2 aromatic rings. The Kier molecular flexibility index (Phi) is 8.26. The van der Waals surface area contributed by atoms with Gasteiger partial charge in [-0.15, -0.1) is 0 Å². The van der Waals surface area contributed by atoms with Crippen molar-refractivity contribution in [1.82, 2.24) is 10.3 Å². The maximum atomic E-state index is 13.1. The van der Waals surface area contributed by atoms with Gasteiger partial charge in [-0.3, -0.25) is 9.59 Å². The molecule has 188 valence electrons. The first-order valence-corrected chi connectivity index (χ1v) is 11.2. The van der Waals surface area contributed by atoms with E-state index in [0.29, 0.717) is 37.1 Å². The molecule has 2 unspecified atom stereocenters. The SMILES string of the molecule is COc1cnc(C(F)(F)F)cc1C(C)Nc1ccc(C(=O)NCC2=CCC(C(=O)O)CC2)cc1Cl. The van der Waals surface area contributed by atoms with Crippen LogP contribution in [0.4, 0.5) is 18.9 Å². The maximum absolute atomic E-state index is 13.1. The molecule has 0 radical (unpaired) electrons. The minimum atomic E-state index is -4.60. The molecule has 0 bridgehead atoms. The van der Waals surface area contributed by atoms with Crippen LogP contribution < -0.4 is 15.4 Å². The van der Waals surface area contributed by atoms with Crippen LogP contribution in [0.1, 0.15) is 53.8 Å². The highest BCUT2D eigenvalue weighted by Gasteiger charge is 2.33. The van der Waals surface area contributed by atoms with E-state index in [-0.39, 0.29) is 28.2 Å². The van der Waals surface area contributed by atoms with Gasteiger partial charge in [0.2, 0.25) is 0 Å². The lowest BCUT2D eigenvalue weighted by molar-refractivity contribution is -0.142. The van der Waals surface area contributed by atoms with Crippen LogP contribution in [0.3, 0.4) is 0 Å². The van der Waals surface area contributed by atoms with Gasteiger partial charge < -0.3 is 20.5 Å². The van der Waals surface area contributed by atoms with Gasteiger partial charge >= 0.3 is 12.1 Å². The third-order valence-corrected chi connectivity index (χ3v) is 6.12. The molecule has 35 heavy (non-hydrogen) atoms. The predicted molar refractivity (Wildman–Crippen MR) is 125 cm³/mol. The van der Waals surface area contributed by atoms with E-state index in [1.165, 1.54) is 13.2 Å². The molecule has 1 aromatic heterocycles. The minimum Gasteiger partial charge on any atom is -0.495 e. The summed E-state index contributed by atoms with van der Waals surface area (Å²) in [7, 11) is 1.34. The standard InChI is InChI=1S/C24H25ClF3N3O4/c1-13(17-10-21(24(26,27)28)29-12-20(17)35-2)31-19-8-7-16(9-18(19)25)22(32)30-11-14-3-5-15(6-4-14)23(33)34/h3,7-10,12-13,15,31H,4-6,11H2,1-2H3,(H,30,32)(H,33,34). The zero-order chi connectivity index (χ0) is 25.8. The average Bonchev–Trinajstić information content (AvgIpc) is 2.82. The van der Waals surface area contributed by atoms with Crippen molar-refractivity contribution in [2.24, 2.45) is 5.92 Å². The average molecular weight is 512 g/mol. The summed E-state index contributed by atoms with van der Waals surface area (Å²) in [5.41, 5.74) is 0.926. The van der Waals surface area contributed by atoms with Gasteiger partial charge in [-0.2, -0.15) is 13.2 Å². The summed E-state index contributed by atoms with van der Waals surface area (Å²) in [5.74, 6) is -1.36. The second kappa shape index (κ2) is 11.0. The first-order valence-electron chi connectivity index (χ1n) is 10.9. The third kappa shape index (κ3) is 6.66. The number of methoxy groups -OCH3 is 1. The molecular formula is C24H25ClF3N3O4. The number of carboxylic acids is 1. The molecule has 1 aliphatic rings. The van der Waals surface area contributed by atoms with Crippen LogP contribution in [-0.2, 0) is 11.0 Å². The number of alkyl halides is 3. The second-order valence-electron chi connectivity index (χ2n) is 8.22. The van der Waals surface area contributed by atoms with E-state index in [2.05, 4.69) is 15.6 Å². The number of pyridine rings is 1. The van der Waals surface area contributed by atoms with Crippen LogP contribution in [0, 0.1) is 5.92 Å². The number of rotatable bonds is 8. The molecule has 0 fully saturated rings. The van der Waals surface area contributed by atoms with Crippen molar-refractivity contribution in [3.63, 3.8) is 0 Å². The van der Waals surface area contributed by atoms with Gasteiger partial charge in [0.1, 0.15) is 11.4 Å². The highest BCUT2D eigenvalue weighted by Crippen LogP contribution is 2.35. The Labute approximate surface area is 205 Å². The number of nitrogens with zero attached hydrogens (tertiary/aromatic N) is 1. The van der Waals surface area contributed by atoms with Crippen molar-refractivity contribution in [3.8, 4) is 5.75 Å². The van der Waals surface area contributed by atoms with Crippen LogP contribution in [0.25, 0.3) is 0 Å². The van der Waals surface area contributed by atoms with Crippen LogP contribution >= 0.6 is 11.6 Å². The molecule has 1 amide bonds. The largest absolute Gasteiger partial charge is 0.495 e. The Morgan fingerprint density at radius 3 is 2.63 bits per heavy atom. The van der Waals surface area contributed by atoms with Gasteiger partial charge in [0, 0.05) is 17.7 Å². The summed E-state index contributed by atoms with van der Waals surface area (Å²) < 4.78 is 44.5. The third-order valence-electron chi connectivity index (χ3n) is 5.81. The number of ether oxygens (including phenoxy) is 1. The van der Waals surface area contributed by atoms with E-state index in [0.717, 1.165) is 17.8 Å². The van der Waals surface area contributed by atoms with Gasteiger partial charge in [0.15, 0.2) is 0 Å². The van der Waals surface area contributed by atoms with Gasteiger partial charge in [0.25, 0.3) is 5.91 Å². The number of aliphatic carboxylic acids is 1. The molecule has 1 aliphatic carbocycles. The molecule has 2 atom stereocenters. The molecule has 11 heteroatoms. The number of allylic oxidation sites excluding steroid dienone is 1.